The molecule has 0 saturated carbocycles. The van der Waals surface area contributed by atoms with Crippen LogP contribution in [0.15, 0.2) is 36.7 Å². The molecule has 1 aliphatic heterocycles. The van der Waals surface area contributed by atoms with Gasteiger partial charge >= 0.3 is 5.69 Å². The van der Waals surface area contributed by atoms with Crippen LogP contribution in [0.25, 0.3) is 0 Å². The number of aromatic nitrogens is 2. The largest absolute Gasteiger partial charge is 0.372 e. The zero-order chi connectivity index (χ0) is 20.8. The third-order valence-corrected chi connectivity index (χ3v) is 4.69. The third kappa shape index (κ3) is 4.97. The molecule has 1 fully saturated rings. The van der Waals surface area contributed by atoms with Crippen LogP contribution < -0.4 is 9.80 Å². The van der Waals surface area contributed by atoms with Gasteiger partial charge < -0.3 is 14.5 Å². The SMILES string of the molecule is CC1CN(c2ncnc(N(CCC#N)Cc3ccccc3)c2[N+](=O)[O-])CC(C)O1. The van der Waals surface area contributed by atoms with Crippen LogP contribution in [0.4, 0.5) is 17.3 Å². The second-order valence-electron chi connectivity index (χ2n) is 7.10. The molecule has 1 saturated heterocycles. The zero-order valence-electron chi connectivity index (χ0n) is 16.6. The molecule has 0 N–H and O–H groups in total. The van der Waals surface area contributed by atoms with Crippen molar-refractivity contribution in [3.8, 4) is 6.07 Å². The van der Waals surface area contributed by atoms with Gasteiger partial charge in [-0.25, -0.2) is 9.97 Å². The Bertz CT molecular complexity index is 876. The van der Waals surface area contributed by atoms with E-state index in [0.717, 1.165) is 5.56 Å². The minimum absolute atomic E-state index is 0.0595. The molecule has 0 radical (unpaired) electrons. The molecular weight excluding hydrogens is 372 g/mol. The van der Waals surface area contributed by atoms with Crippen LogP contribution >= 0.6 is 0 Å². The fourth-order valence-electron chi connectivity index (χ4n) is 3.59. The van der Waals surface area contributed by atoms with Gasteiger partial charge in [0, 0.05) is 26.2 Å². The number of rotatable bonds is 7. The van der Waals surface area contributed by atoms with E-state index >= 15 is 0 Å². The first-order valence-electron chi connectivity index (χ1n) is 9.55. The predicted molar refractivity (Wildman–Crippen MR) is 109 cm³/mol. The first-order chi connectivity index (χ1) is 14.0. The van der Waals surface area contributed by atoms with Gasteiger partial charge in [0.2, 0.25) is 11.6 Å². The van der Waals surface area contributed by atoms with Crippen LogP contribution in [0.1, 0.15) is 25.8 Å². The van der Waals surface area contributed by atoms with Crippen LogP contribution in [0.3, 0.4) is 0 Å². The molecule has 2 heterocycles. The topological polar surface area (TPSA) is 108 Å². The Morgan fingerprint density at radius 3 is 2.59 bits per heavy atom. The Labute approximate surface area is 169 Å². The van der Waals surface area contributed by atoms with Gasteiger partial charge in [-0.2, -0.15) is 5.26 Å². The summed E-state index contributed by atoms with van der Waals surface area (Å²) in [6, 6.07) is 11.7. The Kier molecular flexibility index (Phi) is 6.57. The van der Waals surface area contributed by atoms with E-state index in [1.807, 2.05) is 49.1 Å². The summed E-state index contributed by atoms with van der Waals surface area (Å²) in [4.78, 5) is 23.8. The first kappa shape index (κ1) is 20.5. The van der Waals surface area contributed by atoms with E-state index in [-0.39, 0.29) is 36.0 Å². The summed E-state index contributed by atoms with van der Waals surface area (Å²) in [5.74, 6) is 0.517. The maximum Gasteiger partial charge on any atom is 0.353 e. The fourth-order valence-corrected chi connectivity index (χ4v) is 3.59. The summed E-state index contributed by atoms with van der Waals surface area (Å²) < 4.78 is 5.75. The number of hydrogen-bond acceptors (Lipinski definition) is 8. The van der Waals surface area contributed by atoms with Crippen molar-refractivity contribution in [2.75, 3.05) is 29.4 Å². The fraction of sp³-hybridized carbons (Fsp3) is 0.450. The van der Waals surface area contributed by atoms with E-state index < -0.39 is 4.92 Å². The van der Waals surface area contributed by atoms with Crippen LogP contribution in [0.5, 0.6) is 0 Å². The lowest BCUT2D eigenvalue weighted by Crippen LogP contribution is -2.46. The second kappa shape index (κ2) is 9.30. The number of ether oxygens (including phenoxy) is 1. The highest BCUT2D eigenvalue weighted by atomic mass is 16.6. The average molecular weight is 396 g/mol. The molecular formula is C20H24N6O3. The lowest BCUT2D eigenvalue weighted by atomic mass is 10.2. The van der Waals surface area contributed by atoms with Crippen LogP contribution in [-0.4, -0.2) is 46.7 Å². The van der Waals surface area contributed by atoms with Gasteiger partial charge in [-0.15, -0.1) is 0 Å². The monoisotopic (exact) mass is 396 g/mol. The van der Waals surface area contributed by atoms with E-state index in [1.54, 1.807) is 4.90 Å². The summed E-state index contributed by atoms with van der Waals surface area (Å²) >= 11 is 0. The van der Waals surface area contributed by atoms with Crippen LogP contribution in [-0.2, 0) is 11.3 Å². The summed E-state index contributed by atoms with van der Waals surface area (Å²) in [6.45, 7) is 5.64. The number of nitro groups is 1. The highest BCUT2D eigenvalue weighted by Gasteiger charge is 2.33. The summed E-state index contributed by atoms with van der Waals surface area (Å²) in [6.07, 6.45) is 1.47. The first-order valence-corrected chi connectivity index (χ1v) is 9.55. The molecule has 152 valence electrons. The zero-order valence-corrected chi connectivity index (χ0v) is 16.6. The molecule has 1 aromatic carbocycles. The Balaban J connectivity index is 2.01. The van der Waals surface area contributed by atoms with Gasteiger partial charge in [-0.3, -0.25) is 10.1 Å². The molecule has 3 rings (SSSR count). The minimum atomic E-state index is -0.431. The van der Waals surface area contributed by atoms with Crippen molar-refractivity contribution in [1.82, 2.24) is 9.97 Å². The van der Waals surface area contributed by atoms with Crippen molar-refractivity contribution >= 4 is 17.3 Å². The van der Waals surface area contributed by atoms with Crippen molar-refractivity contribution in [2.45, 2.75) is 39.0 Å². The van der Waals surface area contributed by atoms with Crippen molar-refractivity contribution < 1.29 is 9.66 Å². The number of morpholine rings is 1. The van der Waals surface area contributed by atoms with Gasteiger partial charge in [0.25, 0.3) is 0 Å². The number of anilines is 2. The van der Waals surface area contributed by atoms with Gasteiger partial charge in [-0.05, 0) is 19.4 Å². The molecule has 2 aromatic rings. The third-order valence-electron chi connectivity index (χ3n) is 4.69. The van der Waals surface area contributed by atoms with Gasteiger partial charge in [-0.1, -0.05) is 30.3 Å². The maximum absolute atomic E-state index is 12.1. The van der Waals surface area contributed by atoms with Gasteiger partial charge in [0.05, 0.1) is 29.6 Å². The number of nitriles is 1. The van der Waals surface area contributed by atoms with E-state index in [4.69, 9.17) is 10.00 Å². The van der Waals surface area contributed by atoms with Crippen molar-refractivity contribution in [1.29, 1.82) is 5.26 Å². The smallest absolute Gasteiger partial charge is 0.353 e. The van der Waals surface area contributed by atoms with Gasteiger partial charge in [0.15, 0.2) is 0 Å². The van der Waals surface area contributed by atoms with Crippen molar-refractivity contribution in [2.24, 2.45) is 0 Å². The Morgan fingerprint density at radius 2 is 1.97 bits per heavy atom. The summed E-state index contributed by atoms with van der Waals surface area (Å²) in [5, 5.41) is 21.1. The van der Waals surface area contributed by atoms with Crippen molar-refractivity contribution in [3.63, 3.8) is 0 Å². The van der Waals surface area contributed by atoms with Gasteiger partial charge in [0.1, 0.15) is 6.33 Å². The predicted octanol–water partition coefficient (Wildman–Crippen LogP) is 2.92. The maximum atomic E-state index is 12.1. The number of benzene rings is 1. The molecule has 0 amide bonds. The Hall–Kier alpha value is -3.25. The molecule has 2 atom stereocenters. The Morgan fingerprint density at radius 1 is 1.28 bits per heavy atom. The number of hydrogen-bond donors (Lipinski definition) is 0. The summed E-state index contributed by atoms with van der Waals surface area (Å²) in [7, 11) is 0. The standard InChI is InChI=1S/C20H24N6O3/c1-15-11-25(12-16(2)29-15)20-18(26(27)28)19(22-14-23-20)24(10-6-9-21)13-17-7-4-3-5-8-17/h3-5,7-8,14-16H,6,10-13H2,1-2H3. The molecule has 9 nitrogen and oxygen atoms in total. The molecule has 0 bridgehead atoms. The average Bonchev–Trinajstić information content (AvgIpc) is 2.70. The molecule has 1 aliphatic rings. The quantitative estimate of drug-likeness (QED) is 0.519. The lowest BCUT2D eigenvalue weighted by molar-refractivity contribution is -0.383. The molecule has 0 spiro atoms. The normalized spacial score (nSPS) is 18.9. The van der Waals surface area contributed by atoms with E-state index in [9.17, 15) is 10.1 Å². The van der Waals surface area contributed by atoms with Crippen LogP contribution in [0, 0.1) is 21.4 Å². The van der Waals surface area contributed by atoms with E-state index in [1.165, 1.54) is 6.33 Å². The molecule has 1 aromatic heterocycles. The molecule has 9 heteroatoms. The second-order valence-corrected chi connectivity index (χ2v) is 7.10. The summed E-state index contributed by atoms with van der Waals surface area (Å²) in [5.41, 5.74) is 0.844. The van der Waals surface area contributed by atoms with E-state index in [0.29, 0.717) is 26.2 Å². The van der Waals surface area contributed by atoms with E-state index in [2.05, 4.69) is 16.0 Å². The minimum Gasteiger partial charge on any atom is -0.372 e. The molecule has 29 heavy (non-hydrogen) atoms. The van der Waals surface area contributed by atoms with Crippen LogP contribution in [0.2, 0.25) is 0 Å². The van der Waals surface area contributed by atoms with Crippen molar-refractivity contribution in [3.05, 3.63) is 52.3 Å². The number of nitrogens with zero attached hydrogens (tertiary/aromatic N) is 6. The molecule has 2 unspecified atom stereocenters. The molecule has 0 aliphatic carbocycles. The highest BCUT2D eigenvalue weighted by molar-refractivity contribution is 5.71. The highest BCUT2D eigenvalue weighted by Crippen LogP contribution is 2.36. The lowest BCUT2D eigenvalue weighted by Gasteiger charge is -2.36.